The van der Waals surface area contributed by atoms with Crippen LogP contribution in [0.25, 0.3) is 10.8 Å². The minimum Gasteiger partial charge on any atom is -0.493 e. The molecule has 0 aliphatic carbocycles. The van der Waals surface area contributed by atoms with Crippen LogP contribution in [-0.4, -0.2) is 33.6 Å². The highest BCUT2D eigenvalue weighted by molar-refractivity contribution is 7.13. The molecule has 1 amide bonds. The van der Waals surface area contributed by atoms with Gasteiger partial charge in [-0.2, -0.15) is 0 Å². The molecule has 3 aromatic heterocycles. The first-order chi connectivity index (χ1) is 17.0. The maximum absolute atomic E-state index is 12.4. The number of carbonyl (C=O) groups is 2. The van der Waals surface area contributed by atoms with Gasteiger partial charge in [-0.3, -0.25) is 14.6 Å². The van der Waals surface area contributed by atoms with Gasteiger partial charge < -0.3 is 19.6 Å². The molecule has 9 heteroatoms. The van der Waals surface area contributed by atoms with Crippen molar-refractivity contribution in [2.45, 2.75) is 32.7 Å². The number of aryl methyl sites for hydroxylation is 2. The van der Waals surface area contributed by atoms with Gasteiger partial charge in [-0.25, -0.2) is 4.98 Å². The number of ether oxygens (including phenoxy) is 1. The number of pyridine rings is 1. The van der Waals surface area contributed by atoms with Crippen molar-refractivity contribution in [1.82, 2.24) is 15.3 Å². The summed E-state index contributed by atoms with van der Waals surface area (Å²) in [7, 11) is 0. The first-order valence-electron chi connectivity index (χ1n) is 11.2. The molecule has 0 atom stereocenters. The van der Waals surface area contributed by atoms with E-state index in [1.807, 2.05) is 42.6 Å². The van der Waals surface area contributed by atoms with E-state index in [4.69, 9.17) is 14.3 Å². The smallest absolute Gasteiger partial charge is 0.303 e. The van der Waals surface area contributed by atoms with Crippen molar-refractivity contribution < 1.29 is 23.8 Å². The quantitative estimate of drug-likeness (QED) is 0.313. The molecule has 4 rings (SSSR count). The molecule has 35 heavy (non-hydrogen) atoms. The number of nitrogens with one attached hydrogen (secondary N) is 1. The number of carbonyl (C=O) groups excluding carboxylic acids is 1. The van der Waals surface area contributed by atoms with Gasteiger partial charge >= 0.3 is 5.97 Å². The van der Waals surface area contributed by atoms with Gasteiger partial charge in [0.2, 0.25) is 5.89 Å². The van der Waals surface area contributed by atoms with Crippen molar-refractivity contribution in [3.63, 3.8) is 0 Å². The molecule has 8 nitrogen and oxygen atoms in total. The molecule has 0 aliphatic rings. The van der Waals surface area contributed by atoms with Gasteiger partial charge in [0.1, 0.15) is 17.2 Å². The van der Waals surface area contributed by atoms with Crippen LogP contribution in [-0.2, 0) is 24.2 Å². The number of oxazole rings is 1. The summed E-state index contributed by atoms with van der Waals surface area (Å²) in [6.07, 6.45) is 2.49. The van der Waals surface area contributed by atoms with E-state index in [0.29, 0.717) is 36.8 Å². The number of carboxylic acid groups (broad SMARTS) is 1. The van der Waals surface area contributed by atoms with Crippen molar-refractivity contribution in [3.05, 3.63) is 88.4 Å². The largest absolute Gasteiger partial charge is 0.493 e. The number of aliphatic carboxylic acids is 1. The molecule has 0 unspecified atom stereocenters. The topological polar surface area (TPSA) is 115 Å². The molecule has 0 saturated heterocycles. The van der Waals surface area contributed by atoms with Gasteiger partial charge in [0.25, 0.3) is 5.91 Å². The predicted molar refractivity (Wildman–Crippen MR) is 132 cm³/mol. The lowest BCUT2D eigenvalue weighted by Crippen LogP contribution is -2.24. The van der Waals surface area contributed by atoms with Gasteiger partial charge in [0, 0.05) is 25.6 Å². The maximum atomic E-state index is 12.4. The van der Waals surface area contributed by atoms with E-state index in [1.54, 1.807) is 35.7 Å². The molecule has 0 radical (unpaired) electrons. The molecule has 0 aliphatic heterocycles. The molecule has 180 valence electrons. The monoisotopic (exact) mass is 491 g/mol. The number of benzene rings is 1. The molecule has 0 saturated carbocycles. The lowest BCUT2D eigenvalue weighted by molar-refractivity contribution is -0.136. The van der Waals surface area contributed by atoms with Crippen molar-refractivity contribution in [3.8, 4) is 16.5 Å². The number of aromatic nitrogens is 2. The van der Waals surface area contributed by atoms with Crippen molar-refractivity contribution in [1.29, 1.82) is 0 Å². The molecule has 1 aromatic carbocycles. The highest BCUT2D eigenvalue weighted by atomic mass is 32.1. The Balaban J connectivity index is 1.41. The molecule has 0 spiro atoms. The lowest BCUT2D eigenvalue weighted by Gasteiger charge is -2.13. The second-order valence-corrected chi connectivity index (χ2v) is 8.77. The third kappa shape index (κ3) is 6.54. The standard InChI is InChI=1S/C26H25N3O5S/c1-17-21(29-26(34-17)23-6-4-14-35-23)11-13-33-20-9-7-18(8-10-24(30)31)19(15-20)16-28-25(32)22-5-2-3-12-27-22/h2-7,9,12,14-15H,8,10-11,13,16H2,1H3,(H,28,32)(H,30,31). The number of carboxylic acids is 1. The fourth-order valence-electron chi connectivity index (χ4n) is 3.54. The third-order valence-electron chi connectivity index (χ3n) is 5.36. The summed E-state index contributed by atoms with van der Waals surface area (Å²) in [6, 6.07) is 14.5. The number of hydrogen-bond donors (Lipinski definition) is 2. The Bertz CT molecular complexity index is 1290. The van der Waals surface area contributed by atoms with Gasteiger partial charge in [0.15, 0.2) is 0 Å². The number of amides is 1. The van der Waals surface area contributed by atoms with Crippen molar-refractivity contribution in [2.75, 3.05) is 6.61 Å². The zero-order valence-electron chi connectivity index (χ0n) is 19.2. The number of rotatable bonds is 11. The molecular weight excluding hydrogens is 466 g/mol. The Hall–Kier alpha value is -3.98. The highest BCUT2D eigenvalue weighted by Gasteiger charge is 2.14. The van der Waals surface area contributed by atoms with Gasteiger partial charge in [-0.1, -0.05) is 18.2 Å². The van der Waals surface area contributed by atoms with E-state index in [0.717, 1.165) is 27.5 Å². The second kappa shape index (κ2) is 11.4. The van der Waals surface area contributed by atoms with Crippen LogP contribution < -0.4 is 10.1 Å². The molecule has 0 fully saturated rings. The Kier molecular flexibility index (Phi) is 7.89. The summed E-state index contributed by atoms with van der Waals surface area (Å²) in [5.74, 6) is 0.828. The van der Waals surface area contributed by atoms with Crippen LogP contribution in [0.2, 0.25) is 0 Å². The van der Waals surface area contributed by atoms with Crippen LogP contribution in [0.1, 0.15) is 39.5 Å². The summed E-state index contributed by atoms with van der Waals surface area (Å²) in [5, 5.41) is 13.9. The van der Waals surface area contributed by atoms with Crippen LogP contribution in [0.4, 0.5) is 0 Å². The molecule has 0 bridgehead atoms. The fraction of sp³-hybridized carbons (Fsp3) is 0.231. The van der Waals surface area contributed by atoms with Crippen LogP contribution >= 0.6 is 11.3 Å². The number of nitrogens with zero attached hydrogens (tertiary/aromatic N) is 2. The highest BCUT2D eigenvalue weighted by Crippen LogP contribution is 2.26. The number of hydrogen-bond acceptors (Lipinski definition) is 7. The normalized spacial score (nSPS) is 10.8. The zero-order chi connectivity index (χ0) is 24.6. The minimum absolute atomic E-state index is 0.000595. The van der Waals surface area contributed by atoms with E-state index in [1.165, 1.54) is 0 Å². The third-order valence-corrected chi connectivity index (χ3v) is 6.21. The van der Waals surface area contributed by atoms with Crippen molar-refractivity contribution >= 4 is 23.2 Å². The first-order valence-corrected chi connectivity index (χ1v) is 12.0. The average molecular weight is 492 g/mol. The van der Waals surface area contributed by atoms with Crippen LogP contribution in [0.3, 0.4) is 0 Å². The summed E-state index contributed by atoms with van der Waals surface area (Å²) in [4.78, 5) is 33.1. The first kappa shape index (κ1) is 24.2. The Morgan fingerprint density at radius 1 is 1.11 bits per heavy atom. The summed E-state index contributed by atoms with van der Waals surface area (Å²) < 4.78 is 11.7. The molecule has 3 heterocycles. The maximum Gasteiger partial charge on any atom is 0.303 e. The van der Waals surface area contributed by atoms with E-state index in [-0.39, 0.29) is 18.9 Å². The Labute approximate surface area is 206 Å². The van der Waals surface area contributed by atoms with Crippen LogP contribution in [0, 0.1) is 6.92 Å². The second-order valence-electron chi connectivity index (χ2n) is 7.82. The summed E-state index contributed by atoms with van der Waals surface area (Å²) in [6.45, 7) is 2.51. The zero-order valence-corrected chi connectivity index (χ0v) is 20.0. The van der Waals surface area contributed by atoms with E-state index < -0.39 is 5.97 Å². The molecule has 2 N–H and O–H groups in total. The summed E-state index contributed by atoms with van der Waals surface area (Å²) in [5.41, 5.74) is 2.80. The van der Waals surface area contributed by atoms with Gasteiger partial charge in [-0.05, 0) is 60.2 Å². The number of thiophene rings is 1. The molecule has 4 aromatic rings. The minimum atomic E-state index is -0.876. The van der Waals surface area contributed by atoms with Crippen LogP contribution in [0.5, 0.6) is 5.75 Å². The van der Waals surface area contributed by atoms with E-state index in [9.17, 15) is 9.59 Å². The van der Waals surface area contributed by atoms with Crippen molar-refractivity contribution in [2.24, 2.45) is 0 Å². The van der Waals surface area contributed by atoms with Gasteiger partial charge in [-0.15, -0.1) is 11.3 Å². The Morgan fingerprint density at radius 3 is 2.74 bits per heavy atom. The lowest BCUT2D eigenvalue weighted by atomic mass is 10.0. The van der Waals surface area contributed by atoms with E-state index >= 15 is 0 Å². The average Bonchev–Trinajstić information content (AvgIpc) is 3.52. The van der Waals surface area contributed by atoms with Gasteiger partial charge in [0.05, 0.1) is 17.2 Å². The molecular formula is C26H25N3O5S. The van der Waals surface area contributed by atoms with Crippen LogP contribution in [0.15, 0.2) is 64.5 Å². The summed E-state index contributed by atoms with van der Waals surface area (Å²) >= 11 is 1.57. The predicted octanol–water partition coefficient (Wildman–Crippen LogP) is 4.68. The Morgan fingerprint density at radius 2 is 2.00 bits per heavy atom. The fourth-order valence-corrected chi connectivity index (χ4v) is 4.19. The SMILES string of the molecule is Cc1oc(-c2cccs2)nc1CCOc1ccc(CCC(=O)O)c(CNC(=O)c2ccccn2)c1. The van der Waals surface area contributed by atoms with E-state index in [2.05, 4.69) is 15.3 Å².